The van der Waals surface area contributed by atoms with Gasteiger partial charge in [0, 0.05) is 41.9 Å². The number of carbonyl (C=O) groups excluding carboxylic acids is 3. The van der Waals surface area contributed by atoms with Crippen molar-refractivity contribution in [3.05, 3.63) is 40.0 Å². The summed E-state index contributed by atoms with van der Waals surface area (Å²) in [5, 5.41) is 7.01. The summed E-state index contributed by atoms with van der Waals surface area (Å²) in [7, 11) is -4.26. The largest absolute Gasteiger partial charge is 0.376 e. The lowest BCUT2D eigenvalue weighted by Gasteiger charge is -2.53. The average Bonchev–Trinajstić information content (AvgIpc) is 3.27. The van der Waals surface area contributed by atoms with E-state index in [-0.39, 0.29) is 25.3 Å². The number of amides is 3. The van der Waals surface area contributed by atoms with Crippen molar-refractivity contribution in [1.29, 1.82) is 0 Å². The number of sulfone groups is 1. The van der Waals surface area contributed by atoms with Crippen molar-refractivity contribution in [2.75, 3.05) is 24.7 Å². The van der Waals surface area contributed by atoms with E-state index in [1.165, 1.54) is 4.90 Å². The van der Waals surface area contributed by atoms with E-state index in [0.29, 0.717) is 48.0 Å². The minimum atomic E-state index is -4.26. The second-order valence-electron chi connectivity index (χ2n) is 10.7. The van der Waals surface area contributed by atoms with Gasteiger partial charge < -0.3 is 20.9 Å². The van der Waals surface area contributed by atoms with E-state index >= 15 is 8.78 Å². The van der Waals surface area contributed by atoms with Crippen LogP contribution in [0.5, 0.6) is 0 Å². The van der Waals surface area contributed by atoms with Crippen LogP contribution in [0.4, 0.5) is 18.9 Å². The third-order valence-electron chi connectivity index (χ3n) is 7.91. The molecule has 40 heavy (non-hydrogen) atoms. The Morgan fingerprint density at radius 3 is 2.62 bits per heavy atom. The molecule has 5 rings (SSSR count). The van der Waals surface area contributed by atoms with Crippen LogP contribution in [-0.4, -0.2) is 74.4 Å². The van der Waals surface area contributed by atoms with Crippen molar-refractivity contribution < 1.29 is 36.0 Å². The maximum atomic E-state index is 15.0. The second-order valence-corrected chi connectivity index (χ2v) is 13.0. The fourth-order valence-electron chi connectivity index (χ4n) is 5.82. The van der Waals surface area contributed by atoms with Crippen LogP contribution in [-0.2, 0) is 24.2 Å². The molecule has 4 aliphatic rings. The van der Waals surface area contributed by atoms with Gasteiger partial charge >= 0.3 is 0 Å². The molecule has 9 nitrogen and oxygen atoms in total. The molecule has 0 aromatic heterocycles. The van der Waals surface area contributed by atoms with Crippen LogP contribution < -0.4 is 16.0 Å². The number of anilines is 1. The van der Waals surface area contributed by atoms with Gasteiger partial charge in [-0.2, -0.15) is 4.39 Å². The quantitative estimate of drug-likeness (QED) is 0.398. The smallest absolute Gasteiger partial charge is 0.255 e. The van der Waals surface area contributed by atoms with Crippen molar-refractivity contribution in [3.63, 3.8) is 0 Å². The van der Waals surface area contributed by atoms with Gasteiger partial charge in [0.05, 0.1) is 18.5 Å². The molecule has 1 aliphatic carbocycles. The molecule has 14 heteroatoms. The highest BCUT2D eigenvalue weighted by molar-refractivity contribution is 7.94. The van der Waals surface area contributed by atoms with Gasteiger partial charge in [-0.3, -0.25) is 14.4 Å². The zero-order chi connectivity index (χ0) is 29.4. The zero-order valence-corrected chi connectivity index (χ0v) is 23.6. The lowest BCUT2D eigenvalue weighted by molar-refractivity contribution is -0.193. The summed E-state index contributed by atoms with van der Waals surface area (Å²) < 4.78 is 67.9. The van der Waals surface area contributed by atoms with Crippen LogP contribution >= 0.6 is 11.6 Å². The van der Waals surface area contributed by atoms with E-state index in [9.17, 15) is 27.2 Å². The Morgan fingerprint density at radius 2 is 2.00 bits per heavy atom. The highest BCUT2D eigenvalue weighted by Gasteiger charge is 2.60. The van der Waals surface area contributed by atoms with Crippen molar-refractivity contribution in [3.8, 4) is 0 Å². The molecular formula is C26H32ClF3N4O5S. The molecule has 2 bridgehead atoms. The number of halogens is 4. The van der Waals surface area contributed by atoms with E-state index in [0.717, 1.165) is 0 Å². The van der Waals surface area contributed by atoms with Gasteiger partial charge in [0.15, 0.2) is 0 Å². The van der Waals surface area contributed by atoms with Crippen molar-refractivity contribution in [1.82, 2.24) is 15.5 Å². The minimum Gasteiger partial charge on any atom is -0.376 e. The second kappa shape index (κ2) is 11.6. The predicted molar refractivity (Wildman–Crippen MR) is 143 cm³/mol. The number of alkyl halides is 2. The number of hydrogen-bond acceptors (Lipinski definition) is 6. The Kier molecular flexibility index (Phi) is 8.74. The van der Waals surface area contributed by atoms with Gasteiger partial charge in [0.2, 0.25) is 32.7 Å². The lowest BCUT2D eigenvalue weighted by Crippen LogP contribution is -2.69. The minimum absolute atomic E-state index is 0.00357. The SMILES string of the molecule is Cc1c(Cl)cccc1NCC(=O)N1[C@@H]2CC[C@H]([C@H]1C(=O)N[C@H](/C=C(\F)S(C)(=O)=O)C[C@@H]1CCNC1=O)C(F)(F)C2. The number of carbonyl (C=O) groups is 3. The number of fused-ring (bicyclic) bond motifs is 3. The number of rotatable bonds is 9. The Labute approximate surface area is 235 Å². The molecule has 1 aromatic rings. The first-order chi connectivity index (χ1) is 18.7. The molecule has 220 valence electrons. The molecule has 4 fully saturated rings. The summed E-state index contributed by atoms with van der Waals surface area (Å²) in [6, 6.07) is 1.34. The Morgan fingerprint density at radius 1 is 1.27 bits per heavy atom. The standard InChI is InChI=1S/C26H32ClF3N4O5S/c1-14-19(27)4-3-5-20(14)32-13-22(35)34-17-6-7-18(26(29,30)12-17)23(34)25(37)33-16(11-21(28)40(2,38)39)10-15-8-9-31-24(15)36/h3-5,11,15-18,23,32H,6-10,12-13H2,1-2H3,(H,31,36)(H,33,37)/b21-11+/t15-,16-,17+,18+,23-/m0/s1. The van der Waals surface area contributed by atoms with Gasteiger partial charge in [0.1, 0.15) is 6.04 Å². The molecule has 3 amide bonds. The molecule has 3 aliphatic heterocycles. The number of nitrogens with zero attached hydrogens (tertiary/aromatic N) is 1. The van der Waals surface area contributed by atoms with Crippen molar-refractivity contribution in [2.45, 2.75) is 63.1 Å². The van der Waals surface area contributed by atoms with Gasteiger partial charge in [-0.25, -0.2) is 17.2 Å². The normalized spacial score (nSPS) is 26.8. The topological polar surface area (TPSA) is 125 Å². The number of piperidine rings is 2. The lowest BCUT2D eigenvalue weighted by atomic mass is 9.71. The van der Waals surface area contributed by atoms with Gasteiger partial charge in [-0.1, -0.05) is 17.7 Å². The van der Waals surface area contributed by atoms with E-state index in [1.54, 1.807) is 25.1 Å². The molecule has 0 spiro atoms. The molecule has 5 atom stereocenters. The van der Waals surface area contributed by atoms with Gasteiger partial charge in [-0.15, -0.1) is 0 Å². The Bertz CT molecular complexity index is 1330. The summed E-state index contributed by atoms with van der Waals surface area (Å²) in [6.07, 6.45) is 1.27. The fraction of sp³-hybridized carbons (Fsp3) is 0.577. The summed E-state index contributed by atoms with van der Waals surface area (Å²) in [4.78, 5) is 40.3. The molecular weight excluding hydrogens is 573 g/mol. The van der Waals surface area contributed by atoms with Crippen LogP contribution in [0.25, 0.3) is 0 Å². The summed E-state index contributed by atoms with van der Waals surface area (Å²) in [5.74, 6) is -7.20. The number of nitrogens with one attached hydrogen (secondary N) is 3. The fourth-order valence-corrected chi connectivity index (χ4v) is 6.41. The summed E-state index contributed by atoms with van der Waals surface area (Å²) in [6.45, 7) is 1.83. The molecule has 0 radical (unpaired) electrons. The van der Waals surface area contributed by atoms with Crippen LogP contribution in [0.3, 0.4) is 0 Å². The highest BCUT2D eigenvalue weighted by atomic mass is 35.5. The van der Waals surface area contributed by atoms with Crippen LogP contribution in [0.2, 0.25) is 5.02 Å². The summed E-state index contributed by atoms with van der Waals surface area (Å²) >= 11 is 6.14. The maximum Gasteiger partial charge on any atom is 0.255 e. The first-order valence-electron chi connectivity index (χ1n) is 13.0. The highest BCUT2D eigenvalue weighted by Crippen LogP contribution is 2.49. The van der Waals surface area contributed by atoms with E-state index in [1.807, 2.05) is 0 Å². The zero-order valence-electron chi connectivity index (χ0n) is 22.1. The van der Waals surface area contributed by atoms with Gasteiger partial charge in [0.25, 0.3) is 5.92 Å². The first-order valence-corrected chi connectivity index (χ1v) is 15.3. The predicted octanol–water partition coefficient (Wildman–Crippen LogP) is 2.94. The molecule has 3 heterocycles. The monoisotopic (exact) mass is 604 g/mol. The average molecular weight is 605 g/mol. The van der Waals surface area contributed by atoms with Crippen LogP contribution in [0, 0.1) is 18.8 Å². The number of benzene rings is 1. The van der Waals surface area contributed by atoms with Crippen molar-refractivity contribution in [2.24, 2.45) is 11.8 Å². The summed E-state index contributed by atoms with van der Waals surface area (Å²) in [5.41, 5.74) is 1.27. The van der Waals surface area contributed by atoms with E-state index in [4.69, 9.17) is 11.6 Å². The third kappa shape index (κ3) is 6.40. The molecule has 3 saturated heterocycles. The molecule has 1 saturated carbocycles. The number of hydrogen-bond donors (Lipinski definition) is 3. The first kappa shape index (κ1) is 30.2. The van der Waals surface area contributed by atoms with Gasteiger partial charge in [-0.05, 0) is 56.4 Å². The van der Waals surface area contributed by atoms with E-state index in [2.05, 4.69) is 16.0 Å². The Balaban J connectivity index is 1.59. The third-order valence-corrected chi connectivity index (χ3v) is 9.16. The van der Waals surface area contributed by atoms with Crippen molar-refractivity contribution >= 4 is 44.8 Å². The maximum absolute atomic E-state index is 15.0. The Hall–Kier alpha value is -2.80. The molecule has 0 unspecified atom stereocenters. The molecule has 1 aromatic carbocycles. The van der Waals surface area contributed by atoms with E-state index < -0.39 is 69.1 Å². The molecule has 3 N–H and O–H groups in total. The van der Waals surface area contributed by atoms with Crippen LogP contribution in [0.1, 0.15) is 37.7 Å². The van der Waals surface area contributed by atoms with Crippen LogP contribution in [0.15, 0.2) is 29.4 Å².